The molecule has 1 aromatic heterocycles. The van der Waals surface area contributed by atoms with Gasteiger partial charge in [0.1, 0.15) is 5.75 Å². The first-order valence-electron chi connectivity index (χ1n) is 8.73. The molecule has 5 heteroatoms. The van der Waals surface area contributed by atoms with Crippen LogP contribution in [0.25, 0.3) is 11.1 Å². The molecule has 3 rings (SSSR count). The number of nitrogens with two attached hydrogens (primary N) is 1. The molecule has 2 atom stereocenters. The highest BCUT2D eigenvalue weighted by atomic mass is 16.5. The Kier molecular flexibility index (Phi) is 5.34. The number of piperidine rings is 1. The summed E-state index contributed by atoms with van der Waals surface area (Å²) in [6, 6.07) is 9.77. The molecule has 1 aromatic carbocycles. The average molecular weight is 339 g/mol. The monoisotopic (exact) mass is 339 g/mol. The maximum Gasteiger partial charge on any atom is 0.255 e. The van der Waals surface area contributed by atoms with Crippen LogP contribution in [-0.2, 0) is 0 Å². The van der Waals surface area contributed by atoms with E-state index < -0.39 is 0 Å². The highest BCUT2D eigenvalue weighted by Crippen LogP contribution is 2.24. The summed E-state index contributed by atoms with van der Waals surface area (Å²) in [4.78, 5) is 19.1. The minimum Gasteiger partial charge on any atom is -0.497 e. The molecule has 0 aliphatic carbocycles. The van der Waals surface area contributed by atoms with Gasteiger partial charge in [-0.05, 0) is 49.4 Å². The summed E-state index contributed by atoms with van der Waals surface area (Å²) in [6.45, 7) is 3.53. The fourth-order valence-corrected chi connectivity index (χ4v) is 3.30. The van der Waals surface area contributed by atoms with Crippen molar-refractivity contribution in [2.75, 3.05) is 20.2 Å². The Bertz CT molecular complexity index is 728. The number of pyridine rings is 1. The van der Waals surface area contributed by atoms with E-state index in [1.807, 2.05) is 42.2 Å². The summed E-state index contributed by atoms with van der Waals surface area (Å²) < 4.78 is 5.19. The maximum atomic E-state index is 12.9. The molecule has 0 saturated carbocycles. The van der Waals surface area contributed by atoms with E-state index in [0.717, 1.165) is 42.8 Å². The fraction of sp³-hybridized carbons (Fsp3) is 0.400. The molecule has 1 aliphatic heterocycles. The first-order chi connectivity index (χ1) is 12.1. The first-order valence-corrected chi connectivity index (χ1v) is 8.73. The number of rotatable bonds is 4. The molecule has 1 fully saturated rings. The number of amides is 1. The molecular formula is C20H25N3O2. The largest absolute Gasteiger partial charge is 0.497 e. The Morgan fingerprint density at radius 1 is 1.28 bits per heavy atom. The van der Waals surface area contributed by atoms with Gasteiger partial charge in [0.2, 0.25) is 0 Å². The van der Waals surface area contributed by atoms with Crippen molar-refractivity contribution < 1.29 is 9.53 Å². The maximum absolute atomic E-state index is 12.9. The molecule has 1 aliphatic rings. The number of likely N-dealkylation sites (tertiary alicyclic amines) is 1. The quantitative estimate of drug-likeness (QED) is 0.930. The molecular weight excluding hydrogens is 314 g/mol. The van der Waals surface area contributed by atoms with Crippen molar-refractivity contribution in [2.45, 2.75) is 25.8 Å². The van der Waals surface area contributed by atoms with E-state index >= 15 is 0 Å². The van der Waals surface area contributed by atoms with Crippen LogP contribution < -0.4 is 10.5 Å². The molecule has 2 N–H and O–H groups in total. The summed E-state index contributed by atoms with van der Waals surface area (Å²) in [5, 5.41) is 0. The number of carbonyl (C=O) groups excluding carboxylic acids is 1. The molecule has 2 aromatic rings. The molecule has 1 saturated heterocycles. The van der Waals surface area contributed by atoms with Gasteiger partial charge >= 0.3 is 0 Å². The zero-order valence-electron chi connectivity index (χ0n) is 14.8. The zero-order chi connectivity index (χ0) is 17.8. The lowest BCUT2D eigenvalue weighted by atomic mass is 9.92. The molecule has 2 unspecified atom stereocenters. The Morgan fingerprint density at radius 2 is 2.04 bits per heavy atom. The summed E-state index contributed by atoms with van der Waals surface area (Å²) in [6.07, 6.45) is 5.51. The summed E-state index contributed by atoms with van der Waals surface area (Å²) in [5.41, 5.74) is 8.59. The SMILES string of the molecule is COc1ccc(-c2cncc(C(=O)N3CCCC(C(C)N)C3)c2)cc1. The molecule has 2 heterocycles. The molecule has 5 nitrogen and oxygen atoms in total. The second-order valence-electron chi connectivity index (χ2n) is 6.70. The van der Waals surface area contributed by atoms with Crippen LogP contribution in [0.3, 0.4) is 0 Å². The van der Waals surface area contributed by atoms with Gasteiger partial charge in [-0.3, -0.25) is 9.78 Å². The molecule has 25 heavy (non-hydrogen) atoms. The van der Waals surface area contributed by atoms with E-state index in [4.69, 9.17) is 10.5 Å². The van der Waals surface area contributed by atoms with Gasteiger partial charge in [-0.15, -0.1) is 0 Å². The van der Waals surface area contributed by atoms with Crippen LogP contribution in [0.2, 0.25) is 0 Å². The van der Waals surface area contributed by atoms with E-state index in [1.165, 1.54) is 0 Å². The Hall–Kier alpha value is -2.40. The number of ether oxygens (including phenoxy) is 1. The summed E-state index contributed by atoms with van der Waals surface area (Å²) >= 11 is 0. The predicted octanol–water partition coefficient (Wildman–Crippen LogP) is 2.96. The molecule has 0 spiro atoms. The number of carbonyl (C=O) groups is 1. The van der Waals surface area contributed by atoms with Crippen molar-refractivity contribution >= 4 is 5.91 Å². The second kappa shape index (κ2) is 7.66. The van der Waals surface area contributed by atoms with Crippen LogP contribution in [0.4, 0.5) is 0 Å². The van der Waals surface area contributed by atoms with E-state index in [0.29, 0.717) is 11.5 Å². The van der Waals surface area contributed by atoms with E-state index in [9.17, 15) is 4.79 Å². The Balaban J connectivity index is 1.79. The number of hydrogen-bond acceptors (Lipinski definition) is 4. The molecule has 0 radical (unpaired) electrons. The van der Waals surface area contributed by atoms with Crippen LogP contribution in [0, 0.1) is 5.92 Å². The number of hydrogen-bond donors (Lipinski definition) is 1. The lowest BCUT2D eigenvalue weighted by Crippen LogP contribution is -2.45. The highest BCUT2D eigenvalue weighted by Gasteiger charge is 2.26. The van der Waals surface area contributed by atoms with Gasteiger partial charge in [-0.1, -0.05) is 12.1 Å². The Labute approximate surface area is 148 Å². The number of aromatic nitrogens is 1. The summed E-state index contributed by atoms with van der Waals surface area (Å²) in [7, 11) is 1.64. The van der Waals surface area contributed by atoms with Crippen LogP contribution in [-0.4, -0.2) is 42.0 Å². The van der Waals surface area contributed by atoms with Gasteiger partial charge in [0.15, 0.2) is 0 Å². The molecule has 132 valence electrons. The van der Waals surface area contributed by atoms with E-state index in [2.05, 4.69) is 4.98 Å². The third-order valence-electron chi connectivity index (χ3n) is 4.90. The minimum atomic E-state index is 0.0354. The van der Waals surface area contributed by atoms with Crippen molar-refractivity contribution in [1.82, 2.24) is 9.88 Å². The smallest absolute Gasteiger partial charge is 0.255 e. The average Bonchev–Trinajstić information content (AvgIpc) is 2.67. The van der Waals surface area contributed by atoms with Crippen molar-refractivity contribution in [3.05, 3.63) is 48.3 Å². The standard InChI is InChI=1S/C20H25N3O2/c1-14(21)16-4-3-9-23(13-16)20(24)18-10-17(11-22-12-18)15-5-7-19(25-2)8-6-15/h5-8,10-12,14,16H,3-4,9,13,21H2,1-2H3. The van der Waals surface area contributed by atoms with Crippen LogP contribution in [0.1, 0.15) is 30.1 Å². The fourth-order valence-electron chi connectivity index (χ4n) is 3.30. The van der Waals surface area contributed by atoms with Crippen molar-refractivity contribution in [2.24, 2.45) is 11.7 Å². The second-order valence-corrected chi connectivity index (χ2v) is 6.70. The van der Waals surface area contributed by atoms with Gasteiger partial charge in [0, 0.05) is 37.1 Å². The third-order valence-corrected chi connectivity index (χ3v) is 4.90. The zero-order valence-corrected chi connectivity index (χ0v) is 14.8. The normalized spacial score (nSPS) is 18.7. The molecule has 0 bridgehead atoms. The predicted molar refractivity (Wildman–Crippen MR) is 98.5 cm³/mol. The Morgan fingerprint density at radius 3 is 2.72 bits per heavy atom. The first kappa shape index (κ1) is 17.4. The van der Waals surface area contributed by atoms with Gasteiger partial charge in [0.05, 0.1) is 12.7 Å². The van der Waals surface area contributed by atoms with Crippen LogP contribution >= 0.6 is 0 Å². The van der Waals surface area contributed by atoms with E-state index in [-0.39, 0.29) is 11.9 Å². The van der Waals surface area contributed by atoms with Gasteiger partial charge < -0.3 is 15.4 Å². The van der Waals surface area contributed by atoms with E-state index in [1.54, 1.807) is 19.5 Å². The highest BCUT2D eigenvalue weighted by molar-refractivity contribution is 5.95. The van der Waals surface area contributed by atoms with Gasteiger partial charge in [-0.2, -0.15) is 0 Å². The number of methoxy groups -OCH3 is 1. The van der Waals surface area contributed by atoms with Crippen molar-refractivity contribution in [1.29, 1.82) is 0 Å². The number of nitrogens with zero attached hydrogens (tertiary/aromatic N) is 2. The van der Waals surface area contributed by atoms with Gasteiger partial charge in [0.25, 0.3) is 5.91 Å². The summed E-state index contributed by atoms with van der Waals surface area (Å²) in [5.74, 6) is 1.21. The topological polar surface area (TPSA) is 68.5 Å². The van der Waals surface area contributed by atoms with Crippen LogP contribution in [0.15, 0.2) is 42.7 Å². The van der Waals surface area contributed by atoms with Crippen molar-refractivity contribution in [3.63, 3.8) is 0 Å². The molecule has 1 amide bonds. The van der Waals surface area contributed by atoms with Gasteiger partial charge in [-0.25, -0.2) is 0 Å². The third kappa shape index (κ3) is 3.99. The van der Waals surface area contributed by atoms with Crippen LogP contribution in [0.5, 0.6) is 5.75 Å². The minimum absolute atomic E-state index is 0.0354. The van der Waals surface area contributed by atoms with Crippen molar-refractivity contribution in [3.8, 4) is 16.9 Å². The lowest BCUT2D eigenvalue weighted by Gasteiger charge is -2.34. The lowest BCUT2D eigenvalue weighted by molar-refractivity contribution is 0.0660. The number of benzene rings is 1.